The molecule has 9 heteroatoms. The maximum atomic E-state index is 12.5. The molecule has 128 valence electrons. The largest absolute Gasteiger partial charge is 0.351 e. The van der Waals surface area contributed by atoms with Crippen molar-refractivity contribution in [2.24, 2.45) is 0 Å². The summed E-state index contributed by atoms with van der Waals surface area (Å²) < 4.78 is 0. The van der Waals surface area contributed by atoms with E-state index in [1.807, 2.05) is 0 Å². The smallest absolute Gasteiger partial charge is 0.243 e. The molecule has 24 heavy (non-hydrogen) atoms. The van der Waals surface area contributed by atoms with Gasteiger partial charge in [-0.05, 0) is 6.92 Å². The van der Waals surface area contributed by atoms with Crippen LogP contribution in [0.25, 0.3) is 0 Å². The second kappa shape index (κ2) is 8.04. The van der Waals surface area contributed by atoms with Crippen molar-refractivity contribution < 1.29 is 14.4 Å². The van der Waals surface area contributed by atoms with Crippen molar-refractivity contribution in [2.75, 3.05) is 0 Å². The average Bonchev–Trinajstić information content (AvgIpc) is 3.18. The van der Waals surface area contributed by atoms with Gasteiger partial charge in [0.05, 0.1) is 24.4 Å². The van der Waals surface area contributed by atoms with Gasteiger partial charge in [-0.15, -0.1) is 0 Å². The fraction of sp³-hybridized carbons (Fsp3) is 0.400. The van der Waals surface area contributed by atoms with Crippen molar-refractivity contribution in [1.82, 2.24) is 30.6 Å². The number of ketones is 1. The molecule has 0 aromatic carbocycles. The van der Waals surface area contributed by atoms with E-state index in [0.717, 1.165) is 0 Å². The van der Waals surface area contributed by atoms with Gasteiger partial charge in [-0.2, -0.15) is 0 Å². The summed E-state index contributed by atoms with van der Waals surface area (Å²) in [7, 11) is 0. The third-order valence-electron chi connectivity index (χ3n) is 3.45. The van der Waals surface area contributed by atoms with Crippen LogP contribution in [0.15, 0.2) is 25.0 Å². The van der Waals surface area contributed by atoms with E-state index < -0.39 is 18.0 Å². The topological polar surface area (TPSA) is 133 Å². The van der Waals surface area contributed by atoms with Crippen LogP contribution in [0.4, 0.5) is 0 Å². The number of imidazole rings is 2. The molecule has 0 aliphatic heterocycles. The molecule has 2 unspecified atom stereocenters. The minimum Gasteiger partial charge on any atom is -0.351 e. The molecule has 0 bridgehead atoms. The molecule has 9 nitrogen and oxygen atoms in total. The molecule has 0 aliphatic rings. The third-order valence-corrected chi connectivity index (χ3v) is 3.45. The molecule has 2 heterocycles. The standard InChI is InChI=1S/C15H20N6O3/c1-9(22)13(3-11-5-16-7-18-11)21-15(24)14(20-10(2)23)4-12-6-17-8-19-12/h5-8,13-14H,3-4H2,1-2H3,(H,16,18)(H,17,19)(H,20,23)(H,21,24). The maximum absolute atomic E-state index is 12.5. The Bertz CT molecular complexity index is 680. The SMILES string of the molecule is CC(=O)NC(Cc1cnc[nH]1)C(=O)NC(Cc1c[nH]cn1)C(C)=O. The predicted molar refractivity (Wildman–Crippen MR) is 84.8 cm³/mol. The number of carbonyl (C=O) groups is 3. The van der Waals surface area contributed by atoms with Crippen LogP contribution in [-0.4, -0.2) is 49.6 Å². The van der Waals surface area contributed by atoms with E-state index in [4.69, 9.17) is 0 Å². The number of H-pyrrole nitrogens is 2. The van der Waals surface area contributed by atoms with Gasteiger partial charge in [0.25, 0.3) is 0 Å². The Hall–Kier alpha value is -2.97. The molecular weight excluding hydrogens is 312 g/mol. The molecule has 0 saturated carbocycles. The number of amides is 2. The van der Waals surface area contributed by atoms with Crippen LogP contribution in [-0.2, 0) is 27.2 Å². The molecule has 0 fully saturated rings. The van der Waals surface area contributed by atoms with E-state index in [9.17, 15) is 14.4 Å². The lowest BCUT2D eigenvalue weighted by Crippen LogP contribution is -2.52. The van der Waals surface area contributed by atoms with Crippen LogP contribution in [0, 0.1) is 0 Å². The van der Waals surface area contributed by atoms with Gasteiger partial charge in [-0.3, -0.25) is 14.4 Å². The zero-order chi connectivity index (χ0) is 17.5. The Morgan fingerprint density at radius 3 is 2.46 bits per heavy atom. The van der Waals surface area contributed by atoms with Crippen LogP contribution >= 0.6 is 0 Å². The quantitative estimate of drug-likeness (QED) is 0.517. The lowest BCUT2D eigenvalue weighted by Gasteiger charge is -2.21. The van der Waals surface area contributed by atoms with Crippen LogP contribution in [0.3, 0.4) is 0 Å². The van der Waals surface area contributed by atoms with Crippen LogP contribution in [0.2, 0.25) is 0 Å². The predicted octanol–water partition coefficient (Wildman–Crippen LogP) is -0.503. The fourth-order valence-corrected chi connectivity index (χ4v) is 2.25. The zero-order valence-corrected chi connectivity index (χ0v) is 13.5. The van der Waals surface area contributed by atoms with E-state index in [1.165, 1.54) is 26.5 Å². The summed E-state index contributed by atoms with van der Waals surface area (Å²) in [5.74, 6) is -0.952. The first kappa shape index (κ1) is 17.4. The number of aromatic amines is 2. The highest BCUT2D eigenvalue weighted by Gasteiger charge is 2.25. The number of aromatic nitrogens is 4. The zero-order valence-electron chi connectivity index (χ0n) is 13.5. The summed E-state index contributed by atoms with van der Waals surface area (Å²) in [5, 5.41) is 5.27. The Balaban J connectivity index is 2.05. The van der Waals surface area contributed by atoms with Crippen LogP contribution in [0.5, 0.6) is 0 Å². The first-order valence-electron chi connectivity index (χ1n) is 7.48. The van der Waals surface area contributed by atoms with Gasteiger partial charge in [0.2, 0.25) is 11.8 Å². The Kier molecular flexibility index (Phi) is 5.83. The van der Waals surface area contributed by atoms with E-state index in [-0.39, 0.29) is 24.5 Å². The fourth-order valence-electron chi connectivity index (χ4n) is 2.25. The molecule has 2 amide bonds. The maximum Gasteiger partial charge on any atom is 0.243 e. The lowest BCUT2D eigenvalue weighted by atomic mass is 10.1. The van der Waals surface area contributed by atoms with Crippen molar-refractivity contribution in [3.8, 4) is 0 Å². The second-order valence-electron chi connectivity index (χ2n) is 5.47. The molecule has 0 spiro atoms. The van der Waals surface area contributed by atoms with E-state index in [2.05, 4.69) is 30.6 Å². The summed E-state index contributed by atoms with van der Waals surface area (Å²) >= 11 is 0. The first-order chi connectivity index (χ1) is 11.5. The van der Waals surface area contributed by atoms with Gasteiger partial charge in [0, 0.05) is 37.9 Å². The van der Waals surface area contributed by atoms with E-state index in [1.54, 1.807) is 12.4 Å². The van der Waals surface area contributed by atoms with Crippen LogP contribution < -0.4 is 10.6 Å². The van der Waals surface area contributed by atoms with E-state index >= 15 is 0 Å². The third kappa shape index (κ3) is 5.04. The normalized spacial score (nSPS) is 13.1. The average molecular weight is 332 g/mol. The molecule has 0 saturated heterocycles. The molecule has 2 rings (SSSR count). The minimum absolute atomic E-state index is 0.186. The molecule has 4 N–H and O–H groups in total. The number of hydrogen-bond donors (Lipinski definition) is 4. The van der Waals surface area contributed by atoms with Crippen molar-refractivity contribution >= 4 is 17.6 Å². The van der Waals surface area contributed by atoms with Gasteiger partial charge >= 0.3 is 0 Å². The highest BCUT2D eigenvalue weighted by Crippen LogP contribution is 2.03. The summed E-state index contributed by atoms with van der Waals surface area (Å²) in [5.41, 5.74) is 1.37. The lowest BCUT2D eigenvalue weighted by molar-refractivity contribution is -0.130. The number of nitrogens with one attached hydrogen (secondary N) is 4. The minimum atomic E-state index is -0.802. The van der Waals surface area contributed by atoms with Gasteiger partial charge in [0.1, 0.15) is 6.04 Å². The Morgan fingerprint density at radius 2 is 1.92 bits per heavy atom. The van der Waals surface area contributed by atoms with Gasteiger partial charge in [-0.25, -0.2) is 9.97 Å². The molecule has 2 aromatic heterocycles. The summed E-state index contributed by atoms with van der Waals surface area (Å²) in [6, 6.07) is -1.51. The summed E-state index contributed by atoms with van der Waals surface area (Å²) in [6.45, 7) is 2.74. The number of Topliss-reactive ketones (excluding diaryl/α,β-unsaturated/α-hetero) is 1. The highest BCUT2D eigenvalue weighted by atomic mass is 16.2. The molecule has 0 radical (unpaired) electrons. The Labute approximate surface area is 138 Å². The molecule has 2 aromatic rings. The van der Waals surface area contributed by atoms with Gasteiger partial charge in [0.15, 0.2) is 5.78 Å². The van der Waals surface area contributed by atoms with E-state index in [0.29, 0.717) is 11.4 Å². The van der Waals surface area contributed by atoms with Crippen molar-refractivity contribution in [2.45, 2.75) is 38.8 Å². The second-order valence-corrected chi connectivity index (χ2v) is 5.47. The monoisotopic (exact) mass is 332 g/mol. The van der Waals surface area contributed by atoms with Crippen LogP contribution in [0.1, 0.15) is 25.2 Å². The number of hydrogen-bond acceptors (Lipinski definition) is 5. The van der Waals surface area contributed by atoms with Crippen molar-refractivity contribution in [3.05, 3.63) is 36.4 Å². The van der Waals surface area contributed by atoms with Crippen molar-refractivity contribution in [3.63, 3.8) is 0 Å². The van der Waals surface area contributed by atoms with Gasteiger partial charge < -0.3 is 20.6 Å². The van der Waals surface area contributed by atoms with Gasteiger partial charge in [-0.1, -0.05) is 0 Å². The highest BCUT2D eigenvalue weighted by molar-refractivity contribution is 5.91. The first-order valence-corrected chi connectivity index (χ1v) is 7.48. The summed E-state index contributed by atoms with van der Waals surface area (Å²) in [4.78, 5) is 49.3. The molecular formula is C15H20N6O3. The summed E-state index contributed by atoms with van der Waals surface area (Å²) in [6.07, 6.45) is 6.77. The Morgan fingerprint density at radius 1 is 1.12 bits per heavy atom. The number of rotatable bonds is 8. The molecule has 2 atom stereocenters. The number of nitrogens with zero attached hydrogens (tertiary/aromatic N) is 2. The molecule has 0 aliphatic carbocycles. The number of carbonyl (C=O) groups excluding carboxylic acids is 3. The van der Waals surface area contributed by atoms with Crippen molar-refractivity contribution in [1.29, 1.82) is 0 Å².